The van der Waals surface area contributed by atoms with Gasteiger partial charge in [0.15, 0.2) is 5.60 Å². The molecule has 0 saturated carbocycles. The van der Waals surface area contributed by atoms with Crippen LogP contribution >= 0.6 is 36.3 Å². The maximum absolute atomic E-state index is 13.3. The molecule has 7 heteroatoms. The molecule has 0 saturated heterocycles. The number of hydrogen-bond donors (Lipinski definition) is 1. The molecule has 3 aromatic rings. The van der Waals surface area contributed by atoms with E-state index in [0.29, 0.717) is 10.5 Å². The summed E-state index contributed by atoms with van der Waals surface area (Å²) in [6, 6.07) is 19.4. The highest BCUT2D eigenvalue weighted by Gasteiger charge is 2.45. The van der Waals surface area contributed by atoms with Crippen molar-refractivity contribution in [3.8, 4) is 5.75 Å². The molecule has 1 aliphatic rings. The Bertz CT molecular complexity index is 967. The van der Waals surface area contributed by atoms with Gasteiger partial charge in [-0.25, -0.2) is 0 Å². The molecule has 132 valence electrons. The third-order valence-corrected chi connectivity index (χ3v) is 6.10. The third kappa shape index (κ3) is 2.79. The smallest absolute Gasteiger partial charge is 0.160 e. The molecule has 1 aliphatic heterocycles. The second kappa shape index (κ2) is 7.15. The van der Waals surface area contributed by atoms with Gasteiger partial charge < -0.3 is 5.11 Å². The molecule has 3 aromatic carbocycles. The van der Waals surface area contributed by atoms with Gasteiger partial charge in [0, 0.05) is 27.4 Å². The zero-order chi connectivity index (χ0) is 18.1. The van der Waals surface area contributed by atoms with Gasteiger partial charge in [0.1, 0.15) is 5.75 Å². The van der Waals surface area contributed by atoms with Crippen molar-refractivity contribution in [1.82, 2.24) is 0 Å². The van der Waals surface area contributed by atoms with E-state index in [1.165, 1.54) is 18.1 Å². The summed E-state index contributed by atoms with van der Waals surface area (Å²) in [7, 11) is 0. The van der Waals surface area contributed by atoms with Crippen LogP contribution in [-0.4, -0.2) is 5.11 Å². The highest BCUT2D eigenvalue weighted by atomic mass is 32.2. The van der Waals surface area contributed by atoms with Gasteiger partial charge in [0.05, 0.1) is 29.2 Å². The first-order valence-electron chi connectivity index (χ1n) is 7.65. The van der Waals surface area contributed by atoms with Crippen molar-refractivity contribution < 1.29 is 17.1 Å². The van der Waals surface area contributed by atoms with E-state index in [1.807, 2.05) is 30.3 Å². The van der Waals surface area contributed by atoms with Crippen molar-refractivity contribution in [2.24, 2.45) is 0 Å². The second-order valence-electron chi connectivity index (χ2n) is 5.71. The van der Waals surface area contributed by atoms with E-state index < -0.39 is 5.60 Å². The Balaban J connectivity index is 2.00. The molecule has 0 bridgehead atoms. The minimum Gasteiger partial charge on any atom is -0.507 e. The fourth-order valence-corrected chi connectivity index (χ4v) is 4.67. The number of phenolic OH excluding ortho intramolecular Hbond substituents is 1. The van der Waals surface area contributed by atoms with E-state index in [2.05, 4.69) is 0 Å². The summed E-state index contributed by atoms with van der Waals surface area (Å²) in [5, 5.41) is 9.85. The number of halogens is 2. The fourth-order valence-electron chi connectivity index (χ4n) is 3.11. The molecule has 0 radical (unpaired) electrons. The largest absolute Gasteiger partial charge is 0.507 e. The summed E-state index contributed by atoms with van der Waals surface area (Å²) in [6.07, 6.45) is 0. The number of benzene rings is 3. The molecule has 0 aromatic heterocycles. The van der Waals surface area contributed by atoms with Gasteiger partial charge in [0.2, 0.25) is 0 Å². The van der Waals surface area contributed by atoms with Crippen molar-refractivity contribution in [1.29, 1.82) is 0 Å². The molecule has 4 rings (SSSR count). The van der Waals surface area contributed by atoms with Crippen LogP contribution in [0.3, 0.4) is 0 Å². The highest BCUT2D eigenvalue weighted by Crippen LogP contribution is 2.54. The quantitative estimate of drug-likeness (QED) is 0.489. The number of hydrogen-bond acceptors (Lipinski definition) is 5. The summed E-state index contributed by atoms with van der Waals surface area (Å²) in [5.41, 5.74) is 1.27. The first kappa shape index (κ1) is 17.7. The van der Waals surface area contributed by atoms with Crippen LogP contribution in [0.1, 0.15) is 16.7 Å². The van der Waals surface area contributed by atoms with Crippen molar-refractivity contribution in [2.45, 2.75) is 20.3 Å². The molecular formula is C19H12F2O2S3. The molecule has 26 heavy (non-hydrogen) atoms. The van der Waals surface area contributed by atoms with Crippen LogP contribution in [0.15, 0.2) is 81.4 Å². The summed E-state index contributed by atoms with van der Waals surface area (Å²) >= 11 is 1.37. The molecule has 1 unspecified atom stereocenters. The first-order valence-corrected chi connectivity index (χ1v) is 9.83. The average Bonchev–Trinajstić information content (AvgIpc) is 3.09. The molecule has 0 fully saturated rings. The Morgan fingerprint density at radius 3 is 2.50 bits per heavy atom. The summed E-state index contributed by atoms with van der Waals surface area (Å²) < 4.78 is 32.6. The van der Waals surface area contributed by atoms with Gasteiger partial charge in [0.25, 0.3) is 0 Å². The van der Waals surface area contributed by atoms with Crippen LogP contribution in [0.5, 0.6) is 5.75 Å². The number of fused-ring (bicyclic) bond motifs is 1. The second-order valence-corrected chi connectivity index (χ2v) is 7.70. The normalized spacial score (nSPS) is 18.7. The van der Waals surface area contributed by atoms with E-state index in [-0.39, 0.29) is 34.9 Å². The number of phenols is 1. The van der Waals surface area contributed by atoms with Crippen LogP contribution < -0.4 is 0 Å². The average molecular weight is 407 g/mol. The summed E-state index contributed by atoms with van der Waals surface area (Å²) in [6.45, 7) is 0. The zero-order valence-electron chi connectivity index (χ0n) is 13.2. The van der Waals surface area contributed by atoms with Gasteiger partial charge in [-0.05, 0) is 41.5 Å². The van der Waals surface area contributed by atoms with Gasteiger partial charge in [-0.2, -0.15) is 7.77 Å². The van der Waals surface area contributed by atoms with Crippen molar-refractivity contribution in [2.75, 3.05) is 0 Å². The lowest BCUT2D eigenvalue weighted by atomic mass is 9.80. The van der Waals surface area contributed by atoms with Gasteiger partial charge in [-0.15, -0.1) is 0 Å². The maximum atomic E-state index is 13.3. The zero-order valence-corrected chi connectivity index (χ0v) is 15.6. The van der Waals surface area contributed by atoms with Crippen LogP contribution in [0, 0.1) is 0 Å². The molecule has 1 N–H and O–H groups in total. The SMILES string of the molecule is Oc1ccc(C2(c3cccc(SF)c3)OSc3ccccc32)cc1SF. The Labute approximate surface area is 162 Å². The summed E-state index contributed by atoms with van der Waals surface area (Å²) in [4.78, 5) is 1.50. The minimum atomic E-state index is -1.02. The first-order chi connectivity index (χ1) is 12.7. The Morgan fingerprint density at radius 1 is 0.885 bits per heavy atom. The van der Waals surface area contributed by atoms with E-state index in [9.17, 15) is 12.9 Å². The number of aromatic hydroxyl groups is 1. The van der Waals surface area contributed by atoms with Gasteiger partial charge in [-0.1, -0.05) is 36.4 Å². The molecule has 1 heterocycles. The van der Waals surface area contributed by atoms with Crippen LogP contribution in [0.2, 0.25) is 0 Å². The van der Waals surface area contributed by atoms with Crippen LogP contribution in [-0.2, 0) is 9.78 Å². The molecule has 1 atom stereocenters. The molecule has 0 amide bonds. The van der Waals surface area contributed by atoms with Crippen LogP contribution in [0.25, 0.3) is 0 Å². The van der Waals surface area contributed by atoms with Gasteiger partial charge >= 0.3 is 0 Å². The standard InChI is InChI=1S/C19H12F2O2S3/c20-24-14-5-3-4-12(10-14)19(13-8-9-16(22)18(11-13)25-21)15-6-1-2-7-17(15)26-23-19/h1-11,22H. The van der Waals surface area contributed by atoms with Crippen molar-refractivity contribution >= 4 is 36.3 Å². The highest BCUT2D eigenvalue weighted by molar-refractivity contribution is 7.95. The monoisotopic (exact) mass is 406 g/mol. The Hall–Kier alpha value is -1.67. The number of rotatable bonds is 4. The predicted octanol–water partition coefficient (Wildman–Crippen LogP) is 6.67. The van der Waals surface area contributed by atoms with E-state index in [0.717, 1.165) is 16.0 Å². The lowest BCUT2D eigenvalue weighted by Gasteiger charge is -2.30. The minimum absolute atomic E-state index is 0.0252. The Kier molecular flexibility index (Phi) is 4.88. The predicted molar refractivity (Wildman–Crippen MR) is 102 cm³/mol. The van der Waals surface area contributed by atoms with E-state index in [1.54, 1.807) is 30.3 Å². The topological polar surface area (TPSA) is 29.5 Å². The maximum Gasteiger partial charge on any atom is 0.160 e. The van der Waals surface area contributed by atoms with Crippen molar-refractivity contribution in [3.63, 3.8) is 0 Å². The molecule has 0 spiro atoms. The third-order valence-electron chi connectivity index (χ3n) is 4.30. The fraction of sp³-hybridized carbons (Fsp3) is 0.0526. The molecule has 2 nitrogen and oxygen atoms in total. The summed E-state index contributed by atoms with van der Waals surface area (Å²) in [5.74, 6) is -0.136. The van der Waals surface area contributed by atoms with Gasteiger partial charge in [-0.3, -0.25) is 4.18 Å². The van der Waals surface area contributed by atoms with Crippen LogP contribution in [0.4, 0.5) is 7.77 Å². The van der Waals surface area contributed by atoms with E-state index in [4.69, 9.17) is 4.18 Å². The molecule has 0 aliphatic carbocycles. The Morgan fingerprint density at radius 2 is 1.69 bits per heavy atom. The van der Waals surface area contributed by atoms with E-state index >= 15 is 0 Å². The van der Waals surface area contributed by atoms with Crippen molar-refractivity contribution in [3.05, 3.63) is 83.4 Å². The molecular weight excluding hydrogens is 394 g/mol. The lowest BCUT2D eigenvalue weighted by molar-refractivity contribution is 0.204. The lowest BCUT2D eigenvalue weighted by Crippen LogP contribution is -2.28.